The highest BCUT2D eigenvalue weighted by atomic mass is 32.1. The van der Waals surface area contributed by atoms with Crippen LogP contribution in [0.3, 0.4) is 0 Å². The molecule has 1 rings (SSSR count). The summed E-state index contributed by atoms with van der Waals surface area (Å²) in [5.41, 5.74) is 9.50. The van der Waals surface area contributed by atoms with Crippen molar-refractivity contribution in [2.45, 2.75) is 6.42 Å². The Labute approximate surface area is 87.1 Å². The first-order chi connectivity index (χ1) is 6.74. The number of nitrogens with zero attached hydrogens (tertiary/aromatic N) is 1. The van der Waals surface area contributed by atoms with Crippen molar-refractivity contribution in [3.8, 4) is 0 Å². The summed E-state index contributed by atoms with van der Waals surface area (Å²) in [5, 5.41) is 2.34. The summed E-state index contributed by atoms with van der Waals surface area (Å²) in [6.45, 7) is 7.90. The van der Waals surface area contributed by atoms with Crippen molar-refractivity contribution >= 4 is 22.2 Å². The molecule has 0 bridgehead atoms. The van der Waals surface area contributed by atoms with Crippen LogP contribution in [0.4, 0.5) is 5.13 Å². The average molecular weight is 211 g/mol. The number of hydrogen-bond donors (Lipinski definition) is 2. The SMILES string of the molecule is C=CCCONC(=C)c1csc(N)n1. The number of rotatable bonds is 6. The number of nitrogens with two attached hydrogens (primary N) is 1. The van der Waals surface area contributed by atoms with E-state index in [-0.39, 0.29) is 0 Å². The van der Waals surface area contributed by atoms with Crippen LogP contribution in [-0.2, 0) is 4.84 Å². The topological polar surface area (TPSA) is 60.2 Å². The van der Waals surface area contributed by atoms with Crippen LogP contribution in [0.2, 0.25) is 0 Å². The van der Waals surface area contributed by atoms with E-state index in [0.717, 1.165) is 6.42 Å². The van der Waals surface area contributed by atoms with Gasteiger partial charge in [0.05, 0.1) is 12.3 Å². The molecule has 0 fully saturated rings. The average Bonchev–Trinajstić information content (AvgIpc) is 2.59. The number of thiazole rings is 1. The van der Waals surface area contributed by atoms with Gasteiger partial charge in [0.1, 0.15) is 5.69 Å². The second kappa shape index (κ2) is 5.41. The molecule has 5 heteroatoms. The molecule has 0 saturated heterocycles. The van der Waals surface area contributed by atoms with Crippen LogP contribution in [0.15, 0.2) is 24.6 Å². The van der Waals surface area contributed by atoms with Gasteiger partial charge in [-0.15, -0.1) is 17.9 Å². The molecule has 14 heavy (non-hydrogen) atoms. The maximum absolute atomic E-state index is 5.48. The van der Waals surface area contributed by atoms with Crippen LogP contribution >= 0.6 is 11.3 Å². The van der Waals surface area contributed by atoms with Crippen molar-refractivity contribution in [3.05, 3.63) is 30.3 Å². The largest absolute Gasteiger partial charge is 0.375 e. The minimum Gasteiger partial charge on any atom is -0.375 e. The molecule has 0 aromatic carbocycles. The fourth-order valence-electron chi connectivity index (χ4n) is 0.759. The Bertz CT molecular complexity index is 322. The molecule has 0 radical (unpaired) electrons. The summed E-state index contributed by atoms with van der Waals surface area (Å²) < 4.78 is 0. The Morgan fingerprint density at radius 1 is 1.79 bits per heavy atom. The van der Waals surface area contributed by atoms with E-state index in [0.29, 0.717) is 23.1 Å². The van der Waals surface area contributed by atoms with E-state index < -0.39 is 0 Å². The maximum Gasteiger partial charge on any atom is 0.180 e. The predicted molar refractivity (Wildman–Crippen MR) is 59.5 cm³/mol. The van der Waals surface area contributed by atoms with Gasteiger partial charge in [0.15, 0.2) is 5.13 Å². The highest BCUT2D eigenvalue weighted by molar-refractivity contribution is 7.13. The van der Waals surface area contributed by atoms with Gasteiger partial charge in [-0.05, 0) is 6.42 Å². The normalized spacial score (nSPS) is 9.71. The molecule has 0 atom stereocenters. The lowest BCUT2D eigenvalue weighted by Gasteiger charge is -2.05. The summed E-state index contributed by atoms with van der Waals surface area (Å²) in [7, 11) is 0. The van der Waals surface area contributed by atoms with Gasteiger partial charge >= 0.3 is 0 Å². The summed E-state index contributed by atoms with van der Waals surface area (Å²) in [6.07, 6.45) is 2.57. The molecule has 3 N–H and O–H groups in total. The molecule has 0 amide bonds. The van der Waals surface area contributed by atoms with Gasteiger partial charge in [0, 0.05) is 5.38 Å². The van der Waals surface area contributed by atoms with Crippen molar-refractivity contribution in [1.29, 1.82) is 0 Å². The molecule has 0 unspecified atom stereocenters. The Balaban J connectivity index is 2.32. The highest BCUT2D eigenvalue weighted by Crippen LogP contribution is 2.15. The van der Waals surface area contributed by atoms with Gasteiger partial charge < -0.3 is 5.73 Å². The van der Waals surface area contributed by atoms with Crippen molar-refractivity contribution in [1.82, 2.24) is 10.5 Å². The second-order valence-electron chi connectivity index (χ2n) is 2.58. The van der Waals surface area contributed by atoms with Crippen molar-refractivity contribution in [2.75, 3.05) is 12.3 Å². The molecule has 0 aliphatic heterocycles. The third-order valence-electron chi connectivity index (χ3n) is 1.45. The molecule has 0 aliphatic carbocycles. The first-order valence-electron chi connectivity index (χ1n) is 4.13. The van der Waals surface area contributed by atoms with Gasteiger partial charge in [-0.25, -0.2) is 4.98 Å². The molecule has 0 aliphatic rings. The molecule has 1 aromatic rings. The monoisotopic (exact) mass is 211 g/mol. The fourth-order valence-corrected chi connectivity index (χ4v) is 1.34. The summed E-state index contributed by atoms with van der Waals surface area (Å²) >= 11 is 1.37. The van der Waals surface area contributed by atoms with E-state index in [2.05, 4.69) is 23.6 Å². The molecule has 0 saturated carbocycles. The molecule has 1 aromatic heterocycles. The van der Waals surface area contributed by atoms with E-state index >= 15 is 0 Å². The molecule has 4 nitrogen and oxygen atoms in total. The Kier molecular flexibility index (Phi) is 4.15. The highest BCUT2D eigenvalue weighted by Gasteiger charge is 2.02. The molecular weight excluding hydrogens is 198 g/mol. The van der Waals surface area contributed by atoms with Crippen LogP contribution < -0.4 is 11.2 Å². The fraction of sp³-hybridized carbons (Fsp3) is 0.222. The second-order valence-corrected chi connectivity index (χ2v) is 3.47. The van der Waals surface area contributed by atoms with Crippen molar-refractivity contribution in [2.24, 2.45) is 0 Å². The Hall–Kier alpha value is -1.33. The van der Waals surface area contributed by atoms with Gasteiger partial charge in [0.25, 0.3) is 0 Å². The number of nitrogens with one attached hydrogen (secondary N) is 1. The summed E-state index contributed by atoms with van der Waals surface area (Å²) in [6, 6.07) is 0. The Morgan fingerprint density at radius 2 is 2.57 bits per heavy atom. The van der Waals surface area contributed by atoms with Crippen LogP contribution in [0, 0.1) is 0 Å². The zero-order chi connectivity index (χ0) is 10.4. The zero-order valence-electron chi connectivity index (χ0n) is 7.82. The lowest BCUT2D eigenvalue weighted by Crippen LogP contribution is -2.13. The van der Waals surface area contributed by atoms with Gasteiger partial charge in [-0.2, -0.15) is 0 Å². The van der Waals surface area contributed by atoms with Gasteiger partial charge in [0.2, 0.25) is 0 Å². The Morgan fingerprint density at radius 3 is 3.14 bits per heavy atom. The third-order valence-corrected chi connectivity index (χ3v) is 2.12. The van der Waals surface area contributed by atoms with E-state index in [4.69, 9.17) is 10.6 Å². The lowest BCUT2D eigenvalue weighted by atomic mass is 10.4. The van der Waals surface area contributed by atoms with Crippen LogP contribution in [0.25, 0.3) is 5.70 Å². The number of nitrogen functional groups attached to an aromatic ring is 1. The molecule has 76 valence electrons. The molecule has 0 spiro atoms. The van der Waals surface area contributed by atoms with E-state index in [9.17, 15) is 0 Å². The van der Waals surface area contributed by atoms with Gasteiger partial charge in [-0.3, -0.25) is 10.3 Å². The zero-order valence-corrected chi connectivity index (χ0v) is 8.64. The summed E-state index contributed by atoms with van der Waals surface area (Å²) in [5.74, 6) is 0. The number of anilines is 1. The number of hydroxylamine groups is 1. The van der Waals surface area contributed by atoms with Crippen LogP contribution in [-0.4, -0.2) is 11.6 Å². The summed E-state index contributed by atoms with van der Waals surface area (Å²) in [4.78, 5) is 9.15. The molecule has 1 heterocycles. The number of aromatic nitrogens is 1. The first-order valence-corrected chi connectivity index (χ1v) is 5.01. The first kappa shape index (κ1) is 10.7. The standard InChI is InChI=1S/C9H13N3OS/c1-3-4-5-13-12-7(2)8-6-14-9(10)11-8/h3,6,12H,1-2,4-5H2,(H2,10,11). The van der Waals surface area contributed by atoms with Crippen molar-refractivity contribution < 1.29 is 4.84 Å². The smallest absolute Gasteiger partial charge is 0.180 e. The van der Waals surface area contributed by atoms with Gasteiger partial charge in [-0.1, -0.05) is 12.7 Å². The maximum atomic E-state index is 5.48. The van der Waals surface area contributed by atoms with Crippen LogP contribution in [0.1, 0.15) is 12.1 Å². The minimum absolute atomic E-state index is 0.522. The lowest BCUT2D eigenvalue weighted by molar-refractivity contribution is 0.0823. The van der Waals surface area contributed by atoms with E-state index in [1.165, 1.54) is 11.3 Å². The van der Waals surface area contributed by atoms with E-state index in [1.54, 1.807) is 6.08 Å². The number of hydrogen-bond acceptors (Lipinski definition) is 5. The van der Waals surface area contributed by atoms with E-state index in [1.807, 2.05) is 5.38 Å². The molecular formula is C9H13N3OS. The quantitative estimate of drug-likeness (QED) is 0.428. The van der Waals surface area contributed by atoms with Crippen LogP contribution in [0.5, 0.6) is 0 Å². The third kappa shape index (κ3) is 3.20. The predicted octanol–water partition coefficient (Wildman–Crippen LogP) is 1.79. The van der Waals surface area contributed by atoms with Crippen molar-refractivity contribution in [3.63, 3.8) is 0 Å². The minimum atomic E-state index is 0.522.